The van der Waals surface area contributed by atoms with Crippen LogP contribution in [0.3, 0.4) is 0 Å². The Bertz CT molecular complexity index is 107. The predicted molar refractivity (Wildman–Crippen MR) is 54.8 cm³/mol. The van der Waals surface area contributed by atoms with E-state index in [1.807, 2.05) is 0 Å². The molecule has 0 aromatic carbocycles. The Kier molecular flexibility index (Phi) is 8.40. The molecule has 1 atom stereocenters. The average Bonchev–Trinajstić information content (AvgIpc) is 2.10. The minimum atomic E-state index is 0.224. The quantitative estimate of drug-likeness (QED) is 0.560. The molecule has 80 valence electrons. The van der Waals surface area contributed by atoms with Gasteiger partial charge in [-0.05, 0) is 25.3 Å². The van der Waals surface area contributed by atoms with Gasteiger partial charge in [0.05, 0.1) is 6.61 Å². The minimum Gasteiger partial charge on any atom is -0.395 e. The maximum absolute atomic E-state index is 9.01. The molecule has 0 rings (SSSR count). The first kappa shape index (κ1) is 12.9. The minimum absolute atomic E-state index is 0.224. The summed E-state index contributed by atoms with van der Waals surface area (Å²) in [5.74, 6) is 0.493. The van der Waals surface area contributed by atoms with Gasteiger partial charge in [0.15, 0.2) is 0 Å². The van der Waals surface area contributed by atoms with Crippen LogP contribution in [0.15, 0.2) is 0 Å². The van der Waals surface area contributed by atoms with Gasteiger partial charge in [-0.15, -0.1) is 0 Å². The highest BCUT2D eigenvalue weighted by Crippen LogP contribution is 2.00. The molecule has 3 nitrogen and oxygen atoms in total. The zero-order valence-electron chi connectivity index (χ0n) is 9.05. The number of hydrogen-bond donors (Lipinski definition) is 2. The van der Waals surface area contributed by atoms with E-state index in [4.69, 9.17) is 9.84 Å². The first-order valence-corrected chi connectivity index (χ1v) is 5.05. The summed E-state index contributed by atoms with van der Waals surface area (Å²) < 4.78 is 4.95. The van der Waals surface area contributed by atoms with Crippen molar-refractivity contribution in [1.82, 2.24) is 5.32 Å². The van der Waals surface area contributed by atoms with Crippen molar-refractivity contribution in [2.24, 2.45) is 5.92 Å². The standard InChI is InChI=1S/C10H23NO2/c1-9(2)10(8-12)11-6-4-5-7-13-3/h9-12H,4-8H2,1-3H3. The van der Waals surface area contributed by atoms with Crippen LogP contribution in [0.5, 0.6) is 0 Å². The molecular weight excluding hydrogens is 166 g/mol. The molecule has 0 aliphatic heterocycles. The number of aliphatic hydroxyl groups is 1. The summed E-state index contributed by atoms with van der Waals surface area (Å²) in [7, 11) is 1.72. The van der Waals surface area contributed by atoms with E-state index in [1.54, 1.807) is 7.11 Å². The van der Waals surface area contributed by atoms with Crippen molar-refractivity contribution in [3.8, 4) is 0 Å². The Hall–Kier alpha value is -0.120. The van der Waals surface area contributed by atoms with Crippen molar-refractivity contribution >= 4 is 0 Å². The molecule has 1 unspecified atom stereocenters. The SMILES string of the molecule is COCCCCNC(CO)C(C)C. The lowest BCUT2D eigenvalue weighted by Crippen LogP contribution is -2.37. The molecule has 0 heterocycles. The van der Waals surface area contributed by atoms with E-state index >= 15 is 0 Å². The van der Waals surface area contributed by atoms with Gasteiger partial charge in [0.2, 0.25) is 0 Å². The first-order chi connectivity index (χ1) is 6.22. The zero-order chi connectivity index (χ0) is 10.1. The van der Waals surface area contributed by atoms with Gasteiger partial charge in [0.25, 0.3) is 0 Å². The summed E-state index contributed by atoms with van der Waals surface area (Å²) >= 11 is 0. The fraction of sp³-hybridized carbons (Fsp3) is 1.00. The third kappa shape index (κ3) is 6.99. The summed E-state index contributed by atoms with van der Waals surface area (Å²) in [6.07, 6.45) is 2.19. The zero-order valence-corrected chi connectivity index (χ0v) is 9.05. The van der Waals surface area contributed by atoms with E-state index in [0.29, 0.717) is 5.92 Å². The molecule has 0 saturated heterocycles. The van der Waals surface area contributed by atoms with Gasteiger partial charge in [-0.25, -0.2) is 0 Å². The number of unbranched alkanes of at least 4 members (excludes halogenated alkanes) is 1. The van der Waals surface area contributed by atoms with Gasteiger partial charge in [0, 0.05) is 19.8 Å². The molecule has 0 fully saturated rings. The Labute approximate surface area is 81.5 Å². The Morgan fingerprint density at radius 3 is 2.46 bits per heavy atom. The largest absolute Gasteiger partial charge is 0.395 e. The lowest BCUT2D eigenvalue weighted by molar-refractivity contribution is 0.187. The van der Waals surface area contributed by atoms with Crippen LogP contribution in [0.25, 0.3) is 0 Å². The summed E-state index contributed by atoms with van der Waals surface area (Å²) in [6.45, 7) is 6.24. The van der Waals surface area contributed by atoms with Crippen molar-refractivity contribution in [3.05, 3.63) is 0 Å². The van der Waals surface area contributed by atoms with Gasteiger partial charge >= 0.3 is 0 Å². The molecule has 0 spiro atoms. The van der Waals surface area contributed by atoms with E-state index in [1.165, 1.54) is 0 Å². The van der Waals surface area contributed by atoms with E-state index in [-0.39, 0.29) is 12.6 Å². The molecule has 0 radical (unpaired) electrons. The molecule has 0 aliphatic carbocycles. The van der Waals surface area contributed by atoms with E-state index in [2.05, 4.69) is 19.2 Å². The van der Waals surface area contributed by atoms with E-state index in [0.717, 1.165) is 26.0 Å². The molecule has 0 aliphatic rings. The highest BCUT2D eigenvalue weighted by atomic mass is 16.5. The van der Waals surface area contributed by atoms with Gasteiger partial charge in [-0.2, -0.15) is 0 Å². The number of aliphatic hydroxyl groups excluding tert-OH is 1. The molecule has 0 aromatic rings. The lowest BCUT2D eigenvalue weighted by atomic mass is 10.1. The first-order valence-electron chi connectivity index (χ1n) is 5.05. The van der Waals surface area contributed by atoms with Crippen LogP contribution >= 0.6 is 0 Å². The third-order valence-electron chi connectivity index (χ3n) is 2.18. The third-order valence-corrected chi connectivity index (χ3v) is 2.18. The molecule has 0 amide bonds. The van der Waals surface area contributed by atoms with Crippen LogP contribution in [0, 0.1) is 5.92 Å². The Morgan fingerprint density at radius 1 is 1.31 bits per heavy atom. The topological polar surface area (TPSA) is 41.5 Å². The van der Waals surface area contributed by atoms with Gasteiger partial charge in [0.1, 0.15) is 0 Å². The molecule has 0 bridgehead atoms. The van der Waals surface area contributed by atoms with Crippen LogP contribution in [0.2, 0.25) is 0 Å². The maximum atomic E-state index is 9.01. The maximum Gasteiger partial charge on any atom is 0.0587 e. The molecular formula is C10H23NO2. The van der Waals surface area contributed by atoms with Crippen molar-refractivity contribution in [2.45, 2.75) is 32.7 Å². The van der Waals surface area contributed by atoms with Crippen LogP contribution in [-0.4, -0.2) is 38.0 Å². The lowest BCUT2D eigenvalue weighted by Gasteiger charge is -2.19. The molecule has 3 heteroatoms. The van der Waals surface area contributed by atoms with Crippen molar-refractivity contribution in [2.75, 3.05) is 26.9 Å². The number of methoxy groups -OCH3 is 1. The second-order valence-electron chi connectivity index (χ2n) is 3.69. The van der Waals surface area contributed by atoms with Crippen molar-refractivity contribution < 1.29 is 9.84 Å². The van der Waals surface area contributed by atoms with Crippen LogP contribution in [0.4, 0.5) is 0 Å². The molecule has 0 saturated carbocycles. The van der Waals surface area contributed by atoms with Gasteiger partial charge in [-0.3, -0.25) is 0 Å². The highest BCUT2D eigenvalue weighted by molar-refractivity contribution is 4.68. The number of nitrogens with one attached hydrogen (secondary N) is 1. The van der Waals surface area contributed by atoms with Crippen molar-refractivity contribution in [3.63, 3.8) is 0 Å². The summed E-state index contributed by atoms with van der Waals surface area (Å²) in [5.41, 5.74) is 0. The van der Waals surface area contributed by atoms with E-state index in [9.17, 15) is 0 Å². The summed E-state index contributed by atoms with van der Waals surface area (Å²) in [6, 6.07) is 0.238. The fourth-order valence-corrected chi connectivity index (χ4v) is 1.17. The van der Waals surface area contributed by atoms with Crippen molar-refractivity contribution in [1.29, 1.82) is 0 Å². The molecule has 2 N–H and O–H groups in total. The Balaban J connectivity index is 3.28. The summed E-state index contributed by atoms with van der Waals surface area (Å²) in [5, 5.41) is 12.3. The van der Waals surface area contributed by atoms with Crippen LogP contribution in [-0.2, 0) is 4.74 Å². The normalized spacial score (nSPS) is 13.6. The molecule has 13 heavy (non-hydrogen) atoms. The van der Waals surface area contributed by atoms with Crippen LogP contribution < -0.4 is 5.32 Å². The number of rotatable bonds is 8. The smallest absolute Gasteiger partial charge is 0.0587 e. The molecule has 0 aromatic heterocycles. The van der Waals surface area contributed by atoms with Crippen LogP contribution in [0.1, 0.15) is 26.7 Å². The second kappa shape index (κ2) is 8.48. The van der Waals surface area contributed by atoms with E-state index < -0.39 is 0 Å². The summed E-state index contributed by atoms with van der Waals surface area (Å²) in [4.78, 5) is 0. The van der Waals surface area contributed by atoms with Gasteiger partial charge in [-0.1, -0.05) is 13.8 Å². The van der Waals surface area contributed by atoms with Gasteiger partial charge < -0.3 is 15.2 Å². The number of ether oxygens (including phenoxy) is 1. The highest BCUT2D eigenvalue weighted by Gasteiger charge is 2.09. The average molecular weight is 189 g/mol. The predicted octanol–water partition coefficient (Wildman–Crippen LogP) is 1.02. The number of hydrogen-bond acceptors (Lipinski definition) is 3. The fourth-order valence-electron chi connectivity index (χ4n) is 1.17. The monoisotopic (exact) mass is 189 g/mol. The Morgan fingerprint density at radius 2 is 2.00 bits per heavy atom. The second-order valence-corrected chi connectivity index (χ2v) is 3.69.